The van der Waals surface area contributed by atoms with E-state index in [1.165, 1.54) is 25.9 Å². The van der Waals surface area contributed by atoms with Crippen LogP contribution >= 0.6 is 0 Å². The van der Waals surface area contributed by atoms with E-state index < -0.39 is 11.9 Å². The van der Waals surface area contributed by atoms with Crippen LogP contribution in [-0.4, -0.2) is 69.9 Å². The number of carbonyl (C=O) groups is 2. The van der Waals surface area contributed by atoms with E-state index >= 15 is 0 Å². The fourth-order valence-electron chi connectivity index (χ4n) is 5.54. The predicted molar refractivity (Wildman–Crippen MR) is 148 cm³/mol. The minimum atomic E-state index is -0.613. The molecule has 10 heteroatoms. The summed E-state index contributed by atoms with van der Waals surface area (Å²) in [5.74, 6) is 0.745. The first kappa shape index (κ1) is 26.0. The topological polar surface area (TPSA) is 105 Å². The number of carbonyl (C=O) groups excluding carboxylic acids is 2. The van der Waals surface area contributed by atoms with Crippen LogP contribution in [0.25, 0.3) is 11.0 Å². The van der Waals surface area contributed by atoms with Crippen LogP contribution in [0.5, 0.6) is 5.75 Å². The molecule has 0 atom stereocenters. The number of aromatic nitrogens is 3. The second kappa shape index (κ2) is 11.0. The summed E-state index contributed by atoms with van der Waals surface area (Å²) in [6, 6.07) is 8.87. The van der Waals surface area contributed by atoms with Gasteiger partial charge in [0.05, 0.1) is 17.4 Å². The molecule has 0 saturated carbocycles. The zero-order valence-corrected chi connectivity index (χ0v) is 22.7. The van der Waals surface area contributed by atoms with Gasteiger partial charge in [-0.25, -0.2) is 9.78 Å². The Labute approximate surface area is 223 Å². The number of nitrogens with zero attached hydrogens (tertiary/aromatic N) is 5. The van der Waals surface area contributed by atoms with Gasteiger partial charge in [0.1, 0.15) is 11.6 Å². The highest BCUT2D eigenvalue weighted by Gasteiger charge is 2.30. The van der Waals surface area contributed by atoms with E-state index in [0.29, 0.717) is 28.9 Å². The number of ether oxygens (including phenoxy) is 1. The molecule has 202 valence electrons. The number of benzene rings is 1. The molecular formula is C28H37N7O3. The molecule has 5 rings (SSSR count). The molecule has 38 heavy (non-hydrogen) atoms. The van der Waals surface area contributed by atoms with E-state index in [9.17, 15) is 9.59 Å². The molecule has 2 aliphatic heterocycles. The van der Waals surface area contributed by atoms with Crippen molar-refractivity contribution in [1.82, 2.24) is 25.0 Å². The average Bonchev–Trinajstić information content (AvgIpc) is 3.51. The number of piperidine rings is 1. The van der Waals surface area contributed by atoms with Gasteiger partial charge < -0.3 is 19.9 Å². The van der Waals surface area contributed by atoms with Gasteiger partial charge in [-0.15, -0.1) is 0 Å². The summed E-state index contributed by atoms with van der Waals surface area (Å²) in [7, 11) is 1.86. The van der Waals surface area contributed by atoms with Crippen LogP contribution in [0, 0.1) is 6.92 Å². The normalized spacial score (nSPS) is 16.8. The molecule has 3 amide bonds. The van der Waals surface area contributed by atoms with Crippen molar-refractivity contribution >= 4 is 34.5 Å². The van der Waals surface area contributed by atoms with Crippen LogP contribution in [0.3, 0.4) is 0 Å². The van der Waals surface area contributed by atoms with Crippen molar-refractivity contribution in [3.8, 4) is 5.75 Å². The Kier molecular flexibility index (Phi) is 7.51. The first-order valence-electron chi connectivity index (χ1n) is 13.5. The number of anilines is 2. The van der Waals surface area contributed by atoms with Crippen molar-refractivity contribution in [1.29, 1.82) is 0 Å². The predicted octanol–water partition coefficient (Wildman–Crippen LogP) is 4.09. The lowest BCUT2D eigenvalue weighted by atomic mass is 10.0. The first-order valence-corrected chi connectivity index (χ1v) is 13.5. The minimum Gasteiger partial charge on any atom is -0.491 e. The quantitative estimate of drug-likeness (QED) is 0.505. The van der Waals surface area contributed by atoms with E-state index in [1.54, 1.807) is 22.9 Å². The van der Waals surface area contributed by atoms with Crippen molar-refractivity contribution in [3.05, 3.63) is 41.6 Å². The molecule has 1 aromatic carbocycles. The summed E-state index contributed by atoms with van der Waals surface area (Å²) in [6.07, 6.45) is 4.62. The summed E-state index contributed by atoms with van der Waals surface area (Å²) >= 11 is 0. The minimum absolute atomic E-state index is 0.0119. The molecule has 10 nitrogen and oxygen atoms in total. The van der Waals surface area contributed by atoms with Gasteiger partial charge in [-0.1, -0.05) is 6.07 Å². The third kappa shape index (κ3) is 5.60. The number of pyridine rings is 1. The first-order chi connectivity index (χ1) is 18.3. The maximum absolute atomic E-state index is 13.5. The van der Waals surface area contributed by atoms with Gasteiger partial charge in [0.25, 0.3) is 5.91 Å². The molecule has 0 radical (unpaired) electrons. The Bertz CT molecular complexity index is 1320. The Hall–Kier alpha value is -3.66. The monoisotopic (exact) mass is 519 g/mol. The summed E-state index contributed by atoms with van der Waals surface area (Å²) in [5.41, 5.74) is 2.42. The van der Waals surface area contributed by atoms with Crippen molar-refractivity contribution in [2.75, 3.05) is 36.4 Å². The lowest BCUT2D eigenvalue weighted by molar-refractivity contribution is 0.0967. The number of likely N-dealkylation sites (tertiary alicyclic amines) is 1. The number of rotatable bonds is 6. The highest BCUT2D eigenvalue weighted by atomic mass is 16.5. The number of aryl methyl sites for hydroxylation is 2. The van der Waals surface area contributed by atoms with Crippen molar-refractivity contribution < 1.29 is 14.3 Å². The number of urea groups is 1. The summed E-state index contributed by atoms with van der Waals surface area (Å²) < 4.78 is 7.44. The van der Waals surface area contributed by atoms with Gasteiger partial charge in [-0.2, -0.15) is 5.10 Å². The molecule has 2 saturated heterocycles. The third-order valence-corrected chi connectivity index (χ3v) is 7.34. The van der Waals surface area contributed by atoms with Crippen LogP contribution < -0.4 is 20.3 Å². The number of imide groups is 1. The van der Waals surface area contributed by atoms with Crippen LogP contribution in [0.4, 0.5) is 16.3 Å². The van der Waals surface area contributed by atoms with E-state index in [-0.39, 0.29) is 6.10 Å². The molecule has 2 aliphatic rings. The highest BCUT2D eigenvalue weighted by Crippen LogP contribution is 2.29. The lowest BCUT2D eigenvalue weighted by Gasteiger charge is -2.37. The molecule has 0 spiro atoms. The Morgan fingerprint density at radius 1 is 1.08 bits per heavy atom. The second-order valence-corrected chi connectivity index (χ2v) is 10.5. The standard InChI is InChI=1S/C28H37N7O3/c1-18(2)38-22-9-7-8-20(16-22)29-28(37)31-27(36)24-17-23-19(3)32-33(4)25(23)30-26(24)35-14-10-21(11-15-35)34-12-5-6-13-34/h7-9,16-18,21H,5-6,10-15H2,1-4H3,(H2,29,31,36,37). The van der Waals surface area contributed by atoms with Gasteiger partial charge in [-0.05, 0) is 77.7 Å². The molecule has 4 heterocycles. The van der Waals surface area contributed by atoms with Crippen molar-refractivity contribution in [2.24, 2.45) is 7.05 Å². The molecular weight excluding hydrogens is 482 g/mol. The zero-order valence-electron chi connectivity index (χ0n) is 22.7. The van der Waals surface area contributed by atoms with Crippen LogP contribution in [-0.2, 0) is 7.05 Å². The molecule has 0 bridgehead atoms. The van der Waals surface area contributed by atoms with E-state index in [2.05, 4.69) is 25.5 Å². The molecule has 2 aromatic heterocycles. The molecule has 2 N–H and O–H groups in total. The summed E-state index contributed by atoms with van der Waals surface area (Å²) in [5, 5.41) is 10.5. The van der Waals surface area contributed by atoms with Crippen LogP contribution in [0.15, 0.2) is 30.3 Å². The van der Waals surface area contributed by atoms with Crippen LogP contribution in [0.2, 0.25) is 0 Å². The lowest BCUT2D eigenvalue weighted by Crippen LogP contribution is -2.45. The van der Waals surface area contributed by atoms with E-state index in [1.807, 2.05) is 40.0 Å². The van der Waals surface area contributed by atoms with E-state index in [0.717, 1.165) is 42.7 Å². The van der Waals surface area contributed by atoms with Gasteiger partial charge in [0.15, 0.2) is 5.65 Å². The number of nitrogens with one attached hydrogen (secondary N) is 2. The van der Waals surface area contributed by atoms with Crippen LogP contribution in [0.1, 0.15) is 55.6 Å². The van der Waals surface area contributed by atoms with E-state index in [4.69, 9.17) is 9.72 Å². The average molecular weight is 520 g/mol. The largest absolute Gasteiger partial charge is 0.491 e. The van der Waals surface area contributed by atoms with Gasteiger partial charge in [-0.3, -0.25) is 14.8 Å². The van der Waals surface area contributed by atoms with Gasteiger partial charge in [0, 0.05) is 43.3 Å². The second-order valence-electron chi connectivity index (χ2n) is 10.5. The molecule has 0 aliphatic carbocycles. The fourth-order valence-corrected chi connectivity index (χ4v) is 5.54. The SMILES string of the molecule is Cc1nn(C)c2nc(N3CCC(N4CCCC4)CC3)c(C(=O)NC(=O)Nc3cccc(OC(C)C)c3)cc12. The summed E-state index contributed by atoms with van der Waals surface area (Å²) in [6.45, 7) is 9.75. The maximum Gasteiger partial charge on any atom is 0.326 e. The summed E-state index contributed by atoms with van der Waals surface area (Å²) in [4.78, 5) is 35.9. The van der Waals surface area contributed by atoms with Gasteiger partial charge in [0.2, 0.25) is 0 Å². The number of amides is 3. The maximum atomic E-state index is 13.5. The smallest absolute Gasteiger partial charge is 0.326 e. The molecule has 3 aromatic rings. The zero-order chi connectivity index (χ0) is 26.8. The Morgan fingerprint density at radius 3 is 2.53 bits per heavy atom. The van der Waals surface area contributed by atoms with Gasteiger partial charge >= 0.3 is 6.03 Å². The van der Waals surface area contributed by atoms with Crippen molar-refractivity contribution in [3.63, 3.8) is 0 Å². The fraction of sp³-hybridized carbons (Fsp3) is 0.500. The number of hydrogen-bond acceptors (Lipinski definition) is 7. The molecule has 2 fully saturated rings. The molecule has 0 unspecified atom stereocenters. The highest BCUT2D eigenvalue weighted by molar-refractivity contribution is 6.11. The van der Waals surface area contributed by atoms with Crippen molar-refractivity contribution in [2.45, 2.75) is 58.6 Å². The number of hydrogen-bond donors (Lipinski definition) is 2. The number of fused-ring (bicyclic) bond motifs is 1. The Balaban J connectivity index is 1.35. The Morgan fingerprint density at radius 2 is 1.82 bits per heavy atom. The third-order valence-electron chi connectivity index (χ3n) is 7.34.